The molecule has 1 fully saturated rings. The number of primary amides is 1. The third-order valence-electron chi connectivity index (χ3n) is 12.5. The van der Waals surface area contributed by atoms with Gasteiger partial charge in [0, 0.05) is 25.6 Å². The van der Waals surface area contributed by atoms with Crippen LogP contribution in [-0.4, -0.2) is 99.1 Å². The van der Waals surface area contributed by atoms with E-state index < -0.39 is 70.3 Å². The zero-order chi connectivity index (χ0) is 46.0. The van der Waals surface area contributed by atoms with Crippen molar-refractivity contribution in [3.8, 4) is 5.75 Å². The normalized spacial score (nSPS) is 20.6. The van der Waals surface area contributed by atoms with Crippen LogP contribution in [0, 0.1) is 0 Å². The highest BCUT2D eigenvalue weighted by molar-refractivity contribution is 7.81. The topological polar surface area (TPSA) is 235 Å². The van der Waals surface area contributed by atoms with E-state index in [1.807, 2.05) is 48.5 Å². The van der Waals surface area contributed by atoms with Crippen molar-refractivity contribution in [2.45, 2.75) is 120 Å². The summed E-state index contributed by atoms with van der Waals surface area (Å²) in [6.07, 6.45) is 5.72. The van der Waals surface area contributed by atoms with Crippen LogP contribution >= 0.6 is 0 Å². The molecule has 1 aliphatic heterocycles. The molecule has 7 N–H and O–H groups in total. The molecule has 0 bridgehead atoms. The number of hydrogen-bond acceptors (Lipinski definition) is 10. The molecule has 7 atom stereocenters. The molecule has 6 amide bonds. The number of carbonyl (C=O) groups is 6. The first-order valence-electron chi connectivity index (χ1n) is 22.0. The number of likely N-dealkylation sites (N-methyl/N-ethyl adjacent to an activating group) is 1. The van der Waals surface area contributed by atoms with Gasteiger partial charge in [0.1, 0.15) is 23.9 Å². The standard InChI is InChI=1S/C46H58FN7O9S/c1-28(49-2)42(56)53-38(27-29-19-22-32(23-20-29)63-64(47,61)62)46(60)54-26-10-18-39(54)44(58)51-36-24-21-31-12-4-6-15-34(31)40(36)45(59)50-25-8-7-17-37(41(48)55)52-43(57)35-16-9-13-30-11-3-5-14-33(30)35/h3-6,11-12,14-15,19-20,22-23,28,35-40,49H,7-10,13,16-18,21,24-27H2,1-2H3,(H2,48,55)(H,50,59)(H,51,58)(H,52,57)(H,53,56)/t28-,35+,36+,37-,38-,39-,40-/m0/s1. The van der Waals surface area contributed by atoms with E-state index in [4.69, 9.17) is 5.73 Å². The maximum atomic E-state index is 14.3. The molecule has 0 saturated carbocycles. The summed E-state index contributed by atoms with van der Waals surface area (Å²) in [4.78, 5) is 82.7. The van der Waals surface area contributed by atoms with Gasteiger partial charge in [0.15, 0.2) is 0 Å². The Morgan fingerprint density at radius 1 is 0.812 bits per heavy atom. The third kappa shape index (κ3) is 12.2. The summed E-state index contributed by atoms with van der Waals surface area (Å²) >= 11 is 0. The second kappa shape index (κ2) is 21.7. The number of benzene rings is 3. The molecule has 3 aromatic rings. The maximum Gasteiger partial charge on any atom is 0.488 e. The highest BCUT2D eigenvalue weighted by Gasteiger charge is 2.41. The largest absolute Gasteiger partial charge is 0.488 e. The van der Waals surface area contributed by atoms with Crippen LogP contribution in [0.15, 0.2) is 72.8 Å². The van der Waals surface area contributed by atoms with Gasteiger partial charge in [0.2, 0.25) is 35.4 Å². The molecule has 2 aliphatic carbocycles. The van der Waals surface area contributed by atoms with E-state index in [0.29, 0.717) is 56.9 Å². The number of unbranched alkanes of at least 4 members (excludes halogenated alkanes) is 1. The Balaban J connectivity index is 1.08. The van der Waals surface area contributed by atoms with E-state index in [-0.39, 0.29) is 43.0 Å². The van der Waals surface area contributed by atoms with Gasteiger partial charge in [-0.15, -0.1) is 0 Å². The number of nitrogens with two attached hydrogens (primary N) is 1. The summed E-state index contributed by atoms with van der Waals surface area (Å²) < 4.78 is 39.3. The number of aryl methyl sites for hydroxylation is 2. The number of rotatable bonds is 19. The molecule has 0 radical (unpaired) electrons. The number of likely N-dealkylation sites (tertiary alicyclic amines) is 1. The van der Waals surface area contributed by atoms with Gasteiger partial charge in [-0.3, -0.25) is 28.8 Å². The van der Waals surface area contributed by atoms with Gasteiger partial charge in [-0.25, -0.2) is 0 Å². The van der Waals surface area contributed by atoms with Gasteiger partial charge < -0.3 is 41.4 Å². The smallest absolute Gasteiger partial charge is 0.368 e. The molecule has 0 aromatic heterocycles. The molecule has 3 aromatic carbocycles. The first-order chi connectivity index (χ1) is 30.6. The Hall–Kier alpha value is -5.88. The van der Waals surface area contributed by atoms with Crippen LogP contribution < -0.4 is 36.5 Å². The monoisotopic (exact) mass is 903 g/mol. The lowest BCUT2D eigenvalue weighted by atomic mass is 9.78. The Morgan fingerprint density at radius 3 is 2.19 bits per heavy atom. The molecular weight excluding hydrogens is 846 g/mol. The molecule has 6 rings (SSSR count). The molecule has 64 heavy (non-hydrogen) atoms. The Kier molecular flexibility index (Phi) is 16.1. The SMILES string of the molecule is CN[C@@H](C)C(=O)N[C@@H](Cc1ccc(OS(=O)(=O)F)cc1)C(=O)N1CCC[C@H]1C(=O)N[C@@H]1CCc2ccccc2[C@@H]1C(=O)NCCCC[C@H](NC(=O)[C@@H]1CCCc2ccccc21)C(N)=O. The van der Waals surface area contributed by atoms with E-state index in [1.165, 1.54) is 29.2 Å². The fourth-order valence-electron chi connectivity index (χ4n) is 9.06. The van der Waals surface area contributed by atoms with Crippen LogP contribution in [0.4, 0.5) is 3.89 Å². The van der Waals surface area contributed by atoms with Crippen molar-refractivity contribution in [2.24, 2.45) is 5.73 Å². The van der Waals surface area contributed by atoms with Crippen LogP contribution in [0.25, 0.3) is 0 Å². The Bertz CT molecular complexity index is 2300. The molecule has 1 heterocycles. The highest BCUT2D eigenvalue weighted by Crippen LogP contribution is 2.34. The van der Waals surface area contributed by atoms with Gasteiger partial charge >= 0.3 is 10.5 Å². The average molecular weight is 904 g/mol. The van der Waals surface area contributed by atoms with Crippen LogP contribution in [0.2, 0.25) is 0 Å². The van der Waals surface area contributed by atoms with E-state index in [9.17, 15) is 41.1 Å². The van der Waals surface area contributed by atoms with E-state index in [0.717, 1.165) is 35.1 Å². The summed E-state index contributed by atoms with van der Waals surface area (Å²) in [5.74, 6) is -3.86. The van der Waals surface area contributed by atoms with Crippen molar-refractivity contribution in [1.29, 1.82) is 0 Å². The van der Waals surface area contributed by atoms with Crippen molar-refractivity contribution in [3.63, 3.8) is 0 Å². The van der Waals surface area contributed by atoms with Gasteiger partial charge in [0.25, 0.3) is 0 Å². The summed E-state index contributed by atoms with van der Waals surface area (Å²) in [5.41, 5.74) is 10.1. The van der Waals surface area contributed by atoms with Gasteiger partial charge in [-0.05, 0) is 118 Å². The molecule has 344 valence electrons. The predicted molar refractivity (Wildman–Crippen MR) is 236 cm³/mol. The summed E-state index contributed by atoms with van der Waals surface area (Å²) in [5, 5.41) is 14.6. The lowest BCUT2D eigenvalue weighted by Crippen LogP contribution is -2.57. The second-order valence-corrected chi connectivity index (χ2v) is 17.8. The molecular formula is C46H58FN7O9S. The minimum absolute atomic E-state index is 0.0243. The number of fused-ring (bicyclic) bond motifs is 2. The van der Waals surface area contributed by atoms with E-state index in [2.05, 4.69) is 30.8 Å². The highest BCUT2D eigenvalue weighted by atomic mass is 32.3. The lowest BCUT2D eigenvalue weighted by Gasteiger charge is -2.35. The summed E-state index contributed by atoms with van der Waals surface area (Å²) in [7, 11) is -3.65. The number of halogens is 1. The third-order valence-corrected chi connectivity index (χ3v) is 12.9. The van der Waals surface area contributed by atoms with Crippen molar-refractivity contribution in [1.82, 2.24) is 31.5 Å². The zero-order valence-electron chi connectivity index (χ0n) is 36.1. The fourth-order valence-corrected chi connectivity index (χ4v) is 9.40. The van der Waals surface area contributed by atoms with Crippen molar-refractivity contribution < 1.29 is 45.3 Å². The first-order valence-corrected chi connectivity index (χ1v) is 23.3. The summed E-state index contributed by atoms with van der Waals surface area (Å²) in [6.45, 7) is 2.15. The maximum absolute atomic E-state index is 14.3. The number of hydrogen-bond donors (Lipinski definition) is 6. The molecule has 0 unspecified atom stereocenters. The van der Waals surface area contributed by atoms with E-state index >= 15 is 0 Å². The first kappa shape index (κ1) is 47.6. The van der Waals surface area contributed by atoms with Gasteiger partial charge in [0.05, 0.1) is 17.9 Å². The Labute approximate surface area is 373 Å². The number of carbonyl (C=O) groups excluding carboxylic acids is 6. The lowest BCUT2D eigenvalue weighted by molar-refractivity contribution is -0.142. The van der Waals surface area contributed by atoms with Gasteiger partial charge in [-0.2, -0.15) is 8.42 Å². The molecule has 1 saturated heterocycles. The number of amides is 6. The molecule has 3 aliphatic rings. The molecule has 16 nitrogen and oxygen atoms in total. The minimum Gasteiger partial charge on any atom is -0.368 e. The molecule has 0 spiro atoms. The number of nitrogens with zero attached hydrogens (tertiary/aromatic N) is 1. The van der Waals surface area contributed by atoms with E-state index in [1.54, 1.807) is 14.0 Å². The number of nitrogens with one attached hydrogen (secondary N) is 5. The minimum atomic E-state index is -5.25. The second-order valence-electron chi connectivity index (χ2n) is 16.8. The quantitative estimate of drug-likeness (QED) is 0.0760. The van der Waals surface area contributed by atoms with Crippen LogP contribution in [-0.2, 0) is 58.5 Å². The predicted octanol–water partition coefficient (Wildman–Crippen LogP) is 2.50. The van der Waals surface area contributed by atoms with Crippen molar-refractivity contribution in [2.75, 3.05) is 20.1 Å². The van der Waals surface area contributed by atoms with Crippen LogP contribution in [0.3, 0.4) is 0 Å². The zero-order valence-corrected chi connectivity index (χ0v) is 37.0. The summed E-state index contributed by atoms with van der Waals surface area (Å²) in [6, 6.07) is 16.7. The Morgan fingerprint density at radius 2 is 1.50 bits per heavy atom. The van der Waals surface area contributed by atoms with Crippen LogP contribution in [0.1, 0.15) is 97.9 Å². The van der Waals surface area contributed by atoms with Gasteiger partial charge in [-0.1, -0.05) is 64.5 Å². The van der Waals surface area contributed by atoms with Crippen LogP contribution in [0.5, 0.6) is 5.75 Å². The van der Waals surface area contributed by atoms with Crippen molar-refractivity contribution in [3.05, 3.63) is 101 Å². The average Bonchev–Trinajstić information content (AvgIpc) is 3.78. The fraction of sp³-hybridized carbons (Fsp3) is 0.478. The molecule has 18 heteroatoms. The van der Waals surface area contributed by atoms with Crippen molar-refractivity contribution >= 4 is 45.9 Å².